The number of nitro groups is 1. The van der Waals surface area contributed by atoms with Crippen LogP contribution in [0.25, 0.3) is 6.08 Å². The lowest BCUT2D eigenvalue weighted by Gasteiger charge is -2.25. The molecule has 1 aliphatic heterocycles. The molecule has 144 valence electrons. The summed E-state index contributed by atoms with van der Waals surface area (Å²) in [7, 11) is 0. The van der Waals surface area contributed by atoms with E-state index in [0.717, 1.165) is 23.7 Å². The Kier molecular flexibility index (Phi) is 5.54. The number of rotatable bonds is 5. The van der Waals surface area contributed by atoms with E-state index in [1.54, 1.807) is 17.0 Å². The predicted octanol–water partition coefficient (Wildman–Crippen LogP) is 3.52. The first-order valence-electron chi connectivity index (χ1n) is 8.91. The quantitative estimate of drug-likeness (QED) is 0.343. The molecule has 0 N–H and O–H groups in total. The Morgan fingerprint density at radius 3 is 2.64 bits per heavy atom. The average molecular weight is 380 g/mol. The summed E-state index contributed by atoms with van der Waals surface area (Å²) in [5, 5.41) is 11.0. The van der Waals surface area contributed by atoms with E-state index in [1.165, 1.54) is 25.1 Å². The van der Waals surface area contributed by atoms with Crippen molar-refractivity contribution in [1.82, 2.24) is 0 Å². The van der Waals surface area contributed by atoms with Crippen LogP contribution in [0.1, 0.15) is 25.0 Å². The van der Waals surface area contributed by atoms with Crippen LogP contribution >= 0.6 is 0 Å². The highest BCUT2D eigenvalue weighted by Gasteiger charge is 2.34. The van der Waals surface area contributed by atoms with Gasteiger partial charge in [-0.3, -0.25) is 14.9 Å². The first-order chi connectivity index (χ1) is 13.4. The molecule has 1 aliphatic rings. The number of anilines is 1. The molecule has 3 rings (SSSR count). The van der Waals surface area contributed by atoms with Gasteiger partial charge in [0, 0.05) is 23.9 Å². The highest BCUT2D eigenvalue weighted by atomic mass is 16.6. The minimum atomic E-state index is -0.975. The van der Waals surface area contributed by atoms with Crippen LogP contribution < -0.4 is 4.90 Å². The molecule has 0 unspecified atom stereocenters. The summed E-state index contributed by atoms with van der Waals surface area (Å²) in [5.41, 5.74) is 2.08. The van der Waals surface area contributed by atoms with Crippen LogP contribution in [-0.4, -0.2) is 28.9 Å². The van der Waals surface area contributed by atoms with Gasteiger partial charge < -0.3 is 9.64 Å². The van der Waals surface area contributed by atoms with Gasteiger partial charge >= 0.3 is 5.97 Å². The van der Waals surface area contributed by atoms with Crippen molar-refractivity contribution in [2.24, 2.45) is 0 Å². The van der Waals surface area contributed by atoms with E-state index in [9.17, 15) is 19.7 Å². The lowest BCUT2D eigenvalue weighted by atomic mass is 10.1. The molecule has 2 aromatic carbocycles. The van der Waals surface area contributed by atoms with E-state index in [2.05, 4.69) is 0 Å². The van der Waals surface area contributed by atoms with Gasteiger partial charge in [-0.05, 0) is 44.0 Å². The van der Waals surface area contributed by atoms with Crippen molar-refractivity contribution in [2.75, 3.05) is 4.90 Å². The minimum Gasteiger partial charge on any atom is -0.449 e. The summed E-state index contributed by atoms with van der Waals surface area (Å²) in [5.74, 6) is -1.04. The van der Waals surface area contributed by atoms with Crippen LogP contribution in [0.3, 0.4) is 0 Å². The summed E-state index contributed by atoms with van der Waals surface area (Å²) in [6.07, 6.45) is 2.18. The third-order valence-corrected chi connectivity index (χ3v) is 4.62. The molecule has 28 heavy (non-hydrogen) atoms. The van der Waals surface area contributed by atoms with Crippen LogP contribution in [0.4, 0.5) is 11.4 Å². The molecule has 0 aromatic heterocycles. The number of ether oxygens (including phenoxy) is 1. The van der Waals surface area contributed by atoms with E-state index in [1.807, 2.05) is 31.2 Å². The molecule has 0 saturated heterocycles. The van der Waals surface area contributed by atoms with Gasteiger partial charge in [0.15, 0.2) is 6.10 Å². The predicted molar refractivity (Wildman–Crippen MR) is 105 cm³/mol. The van der Waals surface area contributed by atoms with Crippen molar-refractivity contribution < 1.29 is 19.2 Å². The van der Waals surface area contributed by atoms with Crippen molar-refractivity contribution in [1.29, 1.82) is 0 Å². The molecular weight excluding hydrogens is 360 g/mol. The first-order valence-corrected chi connectivity index (χ1v) is 8.91. The third kappa shape index (κ3) is 3.93. The van der Waals surface area contributed by atoms with Crippen molar-refractivity contribution in [3.8, 4) is 0 Å². The summed E-state index contributed by atoms with van der Waals surface area (Å²) >= 11 is 0. The van der Waals surface area contributed by atoms with E-state index in [0.29, 0.717) is 0 Å². The maximum atomic E-state index is 12.8. The first kappa shape index (κ1) is 19.3. The normalized spacial score (nSPS) is 16.6. The van der Waals surface area contributed by atoms with Crippen molar-refractivity contribution >= 4 is 29.3 Å². The molecule has 7 heteroatoms. The highest BCUT2D eigenvalue weighted by Crippen LogP contribution is 2.32. The molecule has 0 bridgehead atoms. The molecule has 0 saturated carbocycles. The Hall–Kier alpha value is -3.48. The van der Waals surface area contributed by atoms with Gasteiger partial charge in [0.25, 0.3) is 11.6 Å². The molecule has 2 atom stereocenters. The molecule has 0 fully saturated rings. The molecule has 0 radical (unpaired) electrons. The zero-order valence-electron chi connectivity index (χ0n) is 15.6. The van der Waals surface area contributed by atoms with Crippen LogP contribution in [0, 0.1) is 10.1 Å². The van der Waals surface area contributed by atoms with Gasteiger partial charge in [-0.25, -0.2) is 4.79 Å². The number of benzene rings is 2. The molecular formula is C21H20N2O5. The fraction of sp³-hybridized carbons (Fsp3) is 0.238. The summed E-state index contributed by atoms with van der Waals surface area (Å²) in [6, 6.07) is 13.7. The molecule has 1 heterocycles. The number of para-hydroxylation sites is 2. The fourth-order valence-corrected chi connectivity index (χ4v) is 3.31. The Labute approximate surface area is 162 Å². The van der Waals surface area contributed by atoms with Crippen LogP contribution in [0.15, 0.2) is 54.6 Å². The van der Waals surface area contributed by atoms with Crippen LogP contribution in [0.2, 0.25) is 0 Å². The van der Waals surface area contributed by atoms with Crippen molar-refractivity contribution in [3.63, 3.8) is 0 Å². The molecule has 1 amide bonds. The van der Waals surface area contributed by atoms with Crippen LogP contribution in [-0.2, 0) is 20.7 Å². The Morgan fingerprint density at radius 1 is 1.21 bits per heavy atom. The van der Waals surface area contributed by atoms with E-state index >= 15 is 0 Å². The van der Waals surface area contributed by atoms with Crippen molar-refractivity contribution in [3.05, 3.63) is 75.8 Å². The van der Waals surface area contributed by atoms with Crippen molar-refractivity contribution in [2.45, 2.75) is 32.4 Å². The van der Waals surface area contributed by atoms with Gasteiger partial charge in [0.05, 0.1) is 10.5 Å². The largest absolute Gasteiger partial charge is 0.449 e. The SMILES string of the molecule is C[C@@H](OC(=O)/C=C/c1ccccc1[N+](=O)[O-])C(=O)N1c2ccccc2C[C@@H]1C. The topological polar surface area (TPSA) is 89.7 Å². The lowest BCUT2D eigenvalue weighted by Crippen LogP contribution is -2.43. The monoisotopic (exact) mass is 380 g/mol. The van der Waals surface area contributed by atoms with E-state index < -0.39 is 17.0 Å². The number of nitro benzene ring substituents is 1. The maximum Gasteiger partial charge on any atom is 0.331 e. The number of amides is 1. The third-order valence-electron chi connectivity index (χ3n) is 4.62. The molecule has 7 nitrogen and oxygen atoms in total. The summed E-state index contributed by atoms with van der Waals surface area (Å²) in [6.45, 7) is 3.47. The standard InChI is InChI=1S/C21H20N2O5/c1-14-13-17-8-4-5-9-18(17)22(14)21(25)15(2)28-20(24)12-11-16-7-3-6-10-19(16)23(26)27/h3-12,14-15H,13H2,1-2H3/b12-11+/t14-,15+/m0/s1. The second-order valence-electron chi connectivity index (χ2n) is 6.62. The molecule has 0 spiro atoms. The highest BCUT2D eigenvalue weighted by molar-refractivity contribution is 6.00. The maximum absolute atomic E-state index is 12.8. The summed E-state index contributed by atoms with van der Waals surface area (Å²) < 4.78 is 5.22. The molecule has 0 aliphatic carbocycles. The fourth-order valence-electron chi connectivity index (χ4n) is 3.31. The number of fused-ring (bicyclic) bond motifs is 1. The minimum absolute atomic E-state index is 0.0198. The van der Waals surface area contributed by atoms with E-state index in [4.69, 9.17) is 4.74 Å². The Balaban J connectivity index is 1.68. The number of nitrogens with zero attached hydrogens (tertiary/aromatic N) is 2. The second-order valence-corrected chi connectivity index (χ2v) is 6.62. The van der Waals surface area contributed by atoms with Gasteiger partial charge in [-0.15, -0.1) is 0 Å². The smallest absolute Gasteiger partial charge is 0.331 e. The zero-order valence-corrected chi connectivity index (χ0v) is 15.6. The lowest BCUT2D eigenvalue weighted by molar-refractivity contribution is -0.385. The van der Waals surface area contributed by atoms with Gasteiger partial charge in [0.1, 0.15) is 0 Å². The average Bonchev–Trinajstić information content (AvgIpc) is 3.01. The van der Waals surface area contributed by atoms with Crippen LogP contribution in [0.5, 0.6) is 0 Å². The second kappa shape index (κ2) is 8.04. The Morgan fingerprint density at radius 2 is 1.89 bits per heavy atom. The zero-order chi connectivity index (χ0) is 20.3. The Bertz CT molecular complexity index is 953. The van der Waals surface area contributed by atoms with E-state index in [-0.39, 0.29) is 23.2 Å². The van der Waals surface area contributed by atoms with Gasteiger partial charge in [-0.1, -0.05) is 30.3 Å². The molecule has 2 aromatic rings. The number of hydrogen-bond donors (Lipinski definition) is 0. The summed E-state index contributed by atoms with van der Waals surface area (Å²) in [4.78, 5) is 37.1. The van der Waals surface area contributed by atoms with Gasteiger partial charge in [0.2, 0.25) is 0 Å². The number of carbonyl (C=O) groups excluding carboxylic acids is 2. The number of esters is 1. The van der Waals surface area contributed by atoms with Gasteiger partial charge in [-0.2, -0.15) is 0 Å². The number of carbonyl (C=O) groups is 2. The number of hydrogen-bond acceptors (Lipinski definition) is 5.